The lowest BCUT2D eigenvalue weighted by molar-refractivity contribution is 0.472. The van der Waals surface area contributed by atoms with E-state index in [9.17, 15) is 44.0 Å². The summed E-state index contributed by atoms with van der Waals surface area (Å²) < 4.78 is 103. The van der Waals surface area contributed by atoms with E-state index in [1.807, 2.05) is 0 Å². The Labute approximate surface area is 317 Å². The van der Waals surface area contributed by atoms with Crippen LogP contribution in [0.3, 0.4) is 0 Å². The van der Waals surface area contributed by atoms with Crippen LogP contribution in [-0.4, -0.2) is 44.0 Å². The fraction of sp³-hybridized carbons (Fsp3) is 0. The number of nitrogens with two attached hydrogens (primary N) is 1. The number of benzene rings is 7. The molecule has 20 heteroatoms. The van der Waals surface area contributed by atoms with Crippen LogP contribution in [0.4, 0.5) is 39.8 Å². The maximum atomic E-state index is 12.3. The number of nitrogen functional groups attached to an aromatic ring is 1. The molecule has 17 nitrogen and oxygen atoms in total. The summed E-state index contributed by atoms with van der Waals surface area (Å²) in [4.78, 5) is -1.68. The molecule has 0 heterocycles. The molecule has 0 aliphatic rings. The number of azo groups is 3. The molecule has 0 atom stereocenters. The van der Waals surface area contributed by atoms with Gasteiger partial charge in [0.05, 0.1) is 38.2 Å². The smallest absolute Gasteiger partial charge is 0.296 e. The first-order chi connectivity index (χ1) is 26.5. The molecule has 0 aromatic heterocycles. The van der Waals surface area contributed by atoms with Gasteiger partial charge in [0.25, 0.3) is 30.4 Å². The summed E-state index contributed by atoms with van der Waals surface area (Å²) in [5.74, 6) is -0.620. The maximum absolute atomic E-state index is 12.3. The average molecular weight is 812 g/mol. The van der Waals surface area contributed by atoms with E-state index in [1.54, 1.807) is 30.3 Å². The molecule has 0 spiro atoms. The molecule has 7 rings (SSSR count). The number of hydrogen-bond donors (Lipinski definition) is 5. The van der Waals surface area contributed by atoms with Crippen molar-refractivity contribution in [1.82, 2.24) is 0 Å². The first kappa shape index (κ1) is 37.8. The van der Waals surface area contributed by atoms with Crippen molar-refractivity contribution in [2.45, 2.75) is 14.7 Å². The van der Waals surface area contributed by atoms with E-state index >= 15 is 0 Å². The average Bonchev–Trinajstić information content (AvgIpc) is 3.15. The summed E-state index contributed by atoms with van der Waals surface area (Å²) in [5.41, 5.74) is 6.53. The second kappa shape index (κ2) is 14.3. The van der Waals surface area contributed by atoms with Gasteiger partial charge in [-0.3, -0.25) is 13.7 Å². The molecule has 0 unspecified atom stereocenters. The maximum Gasteiger partial charge on any atom is 0.296 e. The minimum absolute atomic E-state index is 0.0234. The zero-order valence-corrected chi connectivity index (χ0v) is 30.6. The van der Waals surface area contributed by atoms with Gasteiger partial charge in [0.15, 0.2) is 5.75 Å². The topological polar surface area (TPSA) is 284 Å². The third-order valence-electron chi connectivity index (χ3n) is 8.39. The second-order valence-corrected chi connectivity index (χ2v) is 16.3. The number of phenols is 1. The van der Waals surface area contributed by atoms with Crippen molar-refractivity contribution in [3.05, 3.63) is 115 Å². The lowest BCUT2D eigenvalue weighted by atomic mass is 10.1. The quantitative estimate of drug-likeness (QED) is 0.0519. The van der Waals surface area contributed by atoms with Gasteiger partial charge >= 0.3 is 0 Å². The minimum Gasteiger partial charge on any atom is -0.505 e. The number of aromatic hydroxyl groups is 1. The zero-order chi connectivity index (χ0) is 40.0. The molecule has 282 valence electrons. The zero-order valence-electron chi connectivity index (χ0n) is 28.2. The van der Waals surface area contributed by atoms with E-state index in [2.05, 4.69) is 30.7 Å². The number of fused-ring (bicyclic) bond motifs is 3. The monoisotopic (exact) mass is 811 g/mol. The number of rotatable bonds is 9. The first-order valence-corrected chi connectivity index (χ1v) is 20.2. The molecule has 0 amide bonds. The Morgan fingerprint density at radius 2 is 0.911 bits per heavy atom. The number of anilines is 1. The highest BCUT2D eigenvalue weighted by molar-refractivity contribution is 7.86. The summed E-state index contributed by atoms with van der Waals surface area (Å²) in [5, 5.41) is 37.5. The van der Waals surface area contributed by atoms with Crippen molar-refractivity contribution in [1.29, 1.82) is 0 Å². The molecule has 0 fully saturated rings. The second-order valence-electron chi connectivity index (χ2n) is 12.0. The predicted molar refractivity (Wildman–Crippen MR) is 206 cm³/mol. The van der Waals surface area contributed by atoms with Crippen LogP contribution in [0.25, 0.3) is 32.3 Å². The Morgan fingerprint density at radius 3 is 1.41 bits per heavy atom. The minimum atomic E-state index is -4.94. The standard InChI is InChI=1S/C36H25N7O10S3/c37-21-6-9-25-20(16-21)17-34(56(51,52)53)35(36(25)44)43-42-31-13-15-33(29-19-24(55(48,49)50)8-11-27(29)31)41-40-30-12-14-32(39-38-22-4-2-1-3-5-22)28-18-23(54(45,46)47)7-10-26(28)30/h1-19,44H,37H2,(H,45,46,47)(H,48,49,50)(H,51,52,53). The predicted octanol–water partition coefficient (Wildman–Crippen LogP) is 9.42. The van der Waals surface area contributed by atoms with E-state index in [-0.39, 0.29) is 55.4 Å². The molecule has 0 radical (unpaired) electrons. The van der Waals surface area contributed by atoms with Gasteiger partial charge in [0.1, 0.15) is 10.6 Å². The van der Waals surface area contributed by atoms with E-state index in [0.717, 1.165) is 18.2 Å². The van der Waals surface area contributed by atoms with Crippen molar-refractivity contribution in [3.8, 4) is 5.75 Å². The van der Waals surface area contributed by atoms with E-state index in [1.165, 1.54) is 66.7 Å². The number of hydrogen-bond acceptors (Lipinski definition) is 14. The summed E-state index contributed by atoms with van der Waals surface area (Å²) in [6.07, 6.45) is 0. The highest BCUT2D eigenvalue weighted by atomic mass is 32.2. The number of nitrogens with zero attached hydrogens (tertiary/aromatic N) is 6. The molecule has 0 bridgehead atoms. The van der Waals surface area contributed by atoms with E-state index < -0.39 is 56.5 Å². The van der Waals surface area contributed by atoms with Crippen LogP contribution in [0, 0.1) is 0 Å². The van der Waals surface area contributed by atoms with Crippen LogP contribution < -0.4 is 5.73 Å². The fourth-order valence-electron chi connectivity index (χ4n) is 5.74. The Hall–Kier alpha value is -6.55. The van der Waals surface area contributed by atoms with Crippen LogP contribution in [0.2, 0.25) is 0 Å². The molecular formula is C36H25N7O10S3. The van der Waals surface area contributed by atoms with Gasteiger partial charge in [-0.1, -0.05) is 30.3 Å². The van der Waals surface area contributed by atoms with Gasteiger partial charge in [0.2, 0.25) is 0 Å². The fourth-order valence-corrected chi connectivity index (χ4v) is 7.41. The summed E-state index contributed by atoms with van der Waals surface area (Å²) >= 11 is 0. The third kappa shape index (κ3) is 7.68. The summed E-state index contributed by atoms with van der Waals surface area (Å²) in [6, 6.07) is 27.1. The van der Waals surface area contributed by atoms with E-state index in [0.29, 0.717) is 11.1 Å². The Morgan fingerprint density at radius 1 is 0.446 bits per heavy atom. The lowest BCUT2D eigenvalue weighted by Crippen LogP contribution is -1.99. The summed E-state index contributed by atoms with van der Waals surface area (Å²) in [6.45, 7) is 0. The molecule has 0 saturated carbocycles. The van der Waals surface area contributed by atoms with Crippen LogP contribution >= 0.6 is 0 Å². The molecule has 0 aliphatic heterocycles. The highest BCUT2D eigenvalue weighted by Crippen LogP contribution is 2.44. The van der Waals surface area contributed by atoms with Gasteiger partial charge in [-0.15, -0.1) is 25.6 Å². The SMILES string of the molecule is Nc1ccc2c(O)c(N=Nc3ccc(N=Nc4ccc(N=Nc5ccccc5)c5cc(S(=O)(=O)O)ccc45)c4cc(S(=O)(=O)O)ccc34)c(S(=O)(=O)O)cc2c1. The van der Waals surface area contributed by atoms with E-state index in [4.69, 9.17) is 5.73 Å². The van der Waals surface area contributed by atoms with Crippen molar-refractivity contribution in [2.75, 3.05) is 5.73 Å². The van der Waals surface area contributed by atoms with Gasteiger partial charge in [-0.05, 0) is 90.3 Å². The van der Waals surface area contributed by atoms with Gasteiger partial charge < -0.3 is 10.8 Å². The molecule has 0 aliphatic carbocycles. The lowest BCUT2D eigenvalue weighted by Gasteiger charge is -2.10. The van der Waals surface area contributed by atoms with Crippen LogP contribution in [0.5, 0.6) is 5.75 Å². The molecule has 56 heavy (non-hydrogen) atoms. The normalized spacial score (nSPS) is 12.9. The summed E-state index contributed by atoms with van der Waals surface area (Å²) in [7, 11) is -14.3. The van der Waals surface area contributed by atoms with Gasteiger partial charge in [-0.2, -0.15) is 30.4 Å². The molecule has 7 aromatic rings. The van der Waals surface area contributed by atoms with Gasteiger partial charge in [0, 0.05) is 32.6 Å². The third-order valence-corrected chi connectivity index (χ3v) is 11.0. The Bertz CT molecular complexity index is 3200. The molecular weight excluding hydrogens is 787 g/mol. The van der Waals surface area contributed by atoms with Gasteiger partial charge in [-0.25, -0.2) is 0 Å². The first-order valence-electron chi connectivity index (χ1n) is 15.9. The molecule has 6 N–H and O–H groups in total. The Balaban J connectivity index is 1.35. The van der Waals surface area contributed by atoms with Crippen molar-refractivity contribution < 1.29 is 44.0 Å². The van der Waals surface area contributed by atoms with Crippen molar-refractivity contribution in [3.63, 3.8) is 0 Å². The largest absolute Gasteiger partial charge is 0.505 e. The Kier molecular flexibility index (Phi) is 9.62. The van der Waals surface area contributed by atoms with Crippen LogP contribution in [-0.2, 0) is 30.4 Å². The van der Waals surface area contributed by atoms with Crippen LogP contribution in [0.15, 0.2) is 161 Å². The number of phenolic OH excluding ortho intramolecular Hbond substituents is 1. The highest BCUT2D eigenvalue weighted by Gasteiger charge is 2.23. The molecule has 0 saturated heterocycles. The molecule has 7 aromatic carbocycles. The van der Waals surface area contributed by atoms with Crippen LogP contribution in [0.1, 0.15) is 0 Å². The van der Waals surface area contributed by atoms with Crippen molar-refractivity contribution in [2.24, 2.45) is 30.7 Å². The van der Waals surface area contributed by atoms with Crippen molar-refractivity contribution >= 4 is 102 Å².